The van der Waals surface area contributed by atoms with Gasteiger partial charge < -0.3 is 5.32 Å². The number of carbonyl (C=O) groups is 1. The largest absolute Gasteiger partial charge is 0.352 e. The zero-order valence-electron chi connectivity index (χ0n) is 8.96. The Morgan fingerprint density at radius 1 is 1.60 bits per heavy atom. The van der Waals surface area contributed by atoms with E-state index < -0.39 is 0 Å². The van der Waals surface area contributed by atoms with Gasteiger partial charge in [-0.25, -0.2) is 0 Å². The SMILES string of the molecule is CC(C)CCNC(=O)c1cnccc1Cl. The number of pyridine rings is 1. The molecule has 1 N–H and O–H groups in total. The first-order valence-electron chi connectivity index (χ1n) is 4.99. The molecule has 1 heterocycles. The van der Waals surface area contributed by atoms with Crippen molar-refractivity contribution in [2.75, 3.05) is 6.54 Å². The molecule has 0 saturated carbocycles. The topological polar surface area (TPSA) is 42.0 Å². The summed E-state index contributed by atoms with van der Waals surface area (Å²) in [6.45, 7) is 4.90. The van der Waals surface area contributed by atoms with E-state index in [-0.39, 0.29) is 5.91 Å². The molecule has 1 rings (SSSR count). The van der Waals surface area contributed by atoms with Crippen LogP contribution in [0.5, 0.6) is 0 Å². The zero-order chi connectivity index (χ0) is 11.3. The number of halogens is 1. The normalized spacial score (nSPS) is 10.4. The highest BCUT2D eigenvalue weighted by molar-refractivity contribution is 6.33. The van der Waals surface area contributed by atoms with Gasteiger partial charge in [0, 0.05) is 18.9 Å². The Labute approximate surface area is 94.9 Å². The Kier molecular flexibility index (Phi) is 4.56. The summed E-state index contributed by atoms with van der Waals surface area (Å²) in [5.41, 5.74) is 0.433. The fourth-order valence-corrected chi connectivity index (χ4v) is 1.31. The molecular formula is C11H15ClN2O. The summed E-state index contributed by atoms with van der Waals surface area (Å²) in [7, 11) is 0. The van der Waals surface area contributed by atoms with E-state index in [0.717, 1.165) is 6.42 Å². The number of nitrogens with zero attached hydrogens (tertiary/aromatic N) is 1. The van der Waals surface area contributed by atoms with Gasteiger partial charge in [0.1, 0.15) is 0 Å². The maximum absolute atomic E-state index is 11.6. The first kappa shape index (κ1) is 12.0. The van der Waals surface area contributed by atoms with Gasteiger partial charge in [0.05, 0.1) is 10.6 Å². The molecular weight excluding hydrogens is 212 g/mol. The van der Waals surface area contributed by atoms with Crippen molar-refractivity contribution >= 4 is 17.5 Å². The number of nitrogens with one attached hydrogen (secondary N) is 1. The molecule has 0 saturated heterocycles. The van der Waals surface area contributed by atoms with Crippen LogP contribution in [0, 0.1) is 5.92 Å². The molecule has 0 aromatic carbocycles. The highest BCUT2D eigenvalue weighted by atomic mass is 35.5. The summed E-state index contributed by atoms with van der Waals surface area (Å²) in [6.07, 6.45) is 4.00. The Balaban J connectivity index is 2.51. The van der Waals surface area contributed by atoms with Crippen molar-refractivity contribution in [2.45, 2.75) is 20.3 Å². The van der Waals surface area contributed by atoms with Gasteiger partial charge in [-0.3, -0.25) is 9.78 Å². The van der Waals surface area contributed by atoms with Gasteiger partial charge in [-0.2, -0.15) is 0 Å². The minimum Gasteiger partial charge on any atom is -0.352 e. The summed E-state index contributed by atoms with van der Waals surface area (Å²) >= 11 is 5.86. The monoisotopic (exact) mass is 226 g/mol. The summed E-state index contributed by atoms with van der Waals surface area (Å²) in [4.78, 5) is 15.5. The Morgan fingerprint density at radius 2 is 2.33 bits per heavy atom. The summed E-state index contributed by atoms with van der Waals surface area (Å²) in [5, 5.41) is 3.24. The van der Waals surface area contributed by atoms with Crippen LogP contribution in [0.3, 0.4) is 0 Å². The standard InChI is InChI=1S/C11H15ClN2O/c1-8(2)3-6-14-11(15)9-7-13-5-4-10(9)12/h4-5,7-8H,3,6H2,1-2H3,(H,14,15). The maximum Gasteiger partial charge on any atom is 0.254 e. The van der Waals surface area contributed by atoms with Crippen LogP contribution >= 0.6 is 11.6 Å². The lowest BCUT2D eigenvalue weighted by Gasteiger charge is -2.07. The van der Waals surface area contributed by atoms with Crippen LogP contribution in [0.2, 0.25) is 5.02 Å². The van der Waals surface area contributed by atoms with E-state index in [9.17, 15) is 4.79 Å². The van der Waals surface area contributed by atoms with E-state index in [0.29, 0.717) is 23.0 Å². The maximum atomic E-state index is 11.6. The molecule has 0 unspecified atom stereocenters. The lowest BCUT2D eigenvalue weighted by Crippen LogP contribution is -2.25. The minimum atomic E-state index is -0.159. The molecule has 1 amide bonds. The highest BCUT2D eigenvalue weighted by Gasteiger charge is 2.09. The second-order valence-electron chi connectivity index (χ2n) is 3.79. The van der Waals surface area contributed by atoms with Gasteiger partial charge in [0.25, 0.3) is 5.91 Å². The first-order valence-corrected chi connectivity index (χ1v) is 5.36. The first-order chi connectivity index (χ1) is 7.11. The van der Waals surface area contributed by atoms with E-state index in [1.165, 1.54) is 6.20 Å². The van der Waals surface area contributed by atoms with Gasteiger partial charge in [-0.05, 0) is 18.4 Å². The lowest BCUT2D eigenvalue weighted by atomic mass is 10.1. The summed E-state index contributed by atoms with van der Waals surface area (Å²) in [6, 6.07) is 1.61. The Morgan fingerprint density at radius 3 is 2.93 bits per heavy atom. The molecule has 0 radical (unpaired) electrons. The third-order valence-corrected chi connectivity index (χ3v) is 2.35. The summed E-state index contributed by atoms with van der Waals surface area (Å²) in [5.74, 6) is 0.420. The quantitative estimate of drug-likeness (QED) is 0.857. The highest BCUT2D eigenvalue weighted by Crippen LogP contribution is 2.12. The van der Waals surface area contributed by atoms with Crippen LogP contribution < -0.4 is 5.32 Å². The third kappa shape index (κ3) is 3.88. The molecule has 0 aliphatic rings. The van der Waals surface area contributed by atoms with Gasteiger partial charge in [0.15, 0.2) is 0 Å². The molecule has 0 bridgehead atoms. The van der Waals surface area contributed by atoms with Crippen molar-refractivity contribution < 1.29 is 4.79 Å². The third-order valence-electron chi connectivity index (χ3n) is 2.02. The average molecular weight is 227 g/mol. The van der Waals surface area contributed by atoms with Crippen LogP contribution in [-0.4, -0.2) is 17.4 Å². The predicted octanol–water partition coefficient (Wildman–Crippen LogP) is 2.51. The number of aromatic nitrogens is 1. The van der Waals surface area contributed by atoms with Crippen LogP contribution in [0.1, 0.15) is 30.6 Å². The Bertz CT molecular complexity index is 339. The molecule has 0 aliphatic carbocycles. The molecule has 0 spiro atoms. The Hall–Kier alpha value is -1.09. The summed E-state index contributed by atoms with van der Waals surface area (Å²) < 4.78 is 0. The molecule has 15 heavy (non-hydrogen) atoms. The van der Waals surface area contributed by atoms with Gasteiger partial charge in [0.2, 0.25) is 0 Å². The van der Waals surface area contributed by atoms with E-state index in [1.807, 2.05) is 0 Å². The zero-order valence-corrected chi connectivity index (χ0v) is 9.71. The molecule has 1 aromatic rings. The number of carbonyl (C=O) groups excluding carboxylic acids is 1. The predicted molar refractivity (Wildman–Crippen MR) is 61.0 cm³/mol. The van der Waals surface area contributed by atoms with Gasteiger partial charge >= 0.3 is 0 Å². The van der Waals surface area contributed by atoms with Crippen LogP contribution in [0.25, 0.3) is 0 Å². The molecule has 1 aromatic heterocycles. The van der Waals surface area contributed by atoms with E-state index in [1.54, 1.807) is 12.3 Å². The van der Waals surface area contributed by atoms with Crippen molar-refractivity contribution in [3.05, 3.63) is 29.0 Å². The fraction of sp³-hybridized carbons (Fsp3) is 0.455. The molecule has 0 atom stereocenters. The van der Waals surface area contributed by atoms with Crippen LogP contribution in [0.4, 0.5) is 0 Å². The molecule has 3 nitrogen and oxygen atoms in total. The minimum absolute atomic E-state index is 0.159. The number of hydrogen-bond donors (Lipinski definition) is 1. The van der Waals surface area contributed by atoms with Crippen molar-refractivity contribution in [3.8, 4) is 0 Å². The fourth-order valence-electron chi connectivity index (χ4n) is 1.11. The second-order valence-corrected chi connectivity index (χ2v) is 4.20. The number of rotatable bonds is 4. The van der Waals surface area contributed by atoms with E-state index >= 15 is 0 Å². The average Bonchev–Trinajstić information content (AvgIpc) is 2.17. The lowest BCUT2D eigenvalue weighted by molar-refractivity contribution is 0.0952. The molecule has 82 valence electrons. The molecule has 0 fully saturated rings. The van der Waals surface area contributed by atoms with Gasteiger partial charge in [-0.15, -0.1) is 0 Å². The second kappa shape index (κ2) is 5.71. The van der Waals surface area contributed by atoms with E-state index in [4.69, 9.17) is 11.6 Å². The van der Waals surface area contributed by atoms with Gasteiger partial charge in [-0.1, -0.05) is 25.4 Å². The van der Waals surface area contributed by atoms with Crippen LogP contribution in [-0.2, 0) is 0 Å². The van der Waals surface area contributed by atoms with Crippen molar-refractivity contribution in [1.82, 2.24) is 10.3 Å². The number of amides is 1. The smallest absolute Gasteiger partial charge is 0.254 e. The molecule has 0 aliphatic heterocycles. The van der Waals surface area contributed by atoms with Crippen LogP contribution in [0.15, 0.2) is 18.5 Å². The van der Waals surface area contributed by atoms with E-state index in [2.05, 4.69) is 24.1 Å². The van der Waals surface area contributed by atoms with Crippen molar-refractivity contribution in [1.29, 1.82) is 0 Å². The number of hydrogen-bond acceptors (Lipinski definition) is 2. The van der Waals surface area contributed by atoms with Crippen molar-refractivity contribution in [3.63, 3.8) is 0 Å². The molecule has 4 heteroatoms. The van der Waals surface area contributed by atoms with Crippen molar-refractivity contribution in [2.24, 2.45) is 5.92 Å².